The molecule has 2 heterocycles. The summed E-state index contributed by atoms with van der Waals surface area (Å²) in [5.41, 5.74) is 1.72. The average Bonchev–Trinajstić information content (AvgIpc) is 3.10. The normalized spacial score (nSPS) is 16.1. The zero-order chi connectivity index (χ0) is 20.3. The Kier molecular flexibility index (Phi) is 5.73. The van der Waals surface area contributed by atoms with Gasteiger partial charge in [0.2, 0.25) is 5.91 Å². The maximum atomic E-state index is 12.8. The molecule has 1 unspecified atom stereocenters. The van der Waals surface area contributed by atoms with Crippen LogP contribution in [0.15, 0.2) is 34.8 Å². The largest absolute Gasteiger partial charge is 0.493 e. The summed E-state index contributed by atoms with van der Waals surface area (Å²) in [6.07, 6.45) is 3.42. The van der Waals surface area contributed by atoms with E-state index in [2.05, 4.69) is 0 Å². The predicted octanol–water partition coefficient (Wildman–Crippen LogP) is 3.22. The number of fused-ring (bicyclic) bond motifs is 1. The molecule has 2 aromatic rings. The summed E-state index contributed by atoms with van der Waals surface area (Å²) in [6.45, 7) is 2.24. The predicted molar refractivity (Wildman–Crippen MR) is 102 cm³/mol. The molecule has 0 spiro atoms. The van der Waals surface area contributed by atoms with E-state index >= 15 is 0 Å². The first-order chi connectivity index (χ1) is 13.4. The van der Waals surface area contributed by atoms with E-state index in [4.69, 9.17) is 13.9 Å². The number of amides is 1. The van der Waals surface area contributed by atoms with Crippen molar-refractivity contribution < 1.29 is 28.6 Å². The number of carboxylic acid groups (broad SMARTS) is 1. The van der Waals surface area contributed by atoms with E-state index < -0.39 is 12.0 Å². The first kappa shape index (κ1) is 19.5. The highest BCUT2D eigenvalue weighted by Gasteiger charge is 2.32. The van der Waals surface area contributed by atoms with E-state index in [1.807, 2.05) is 19.1 Å². The molecule has 1 amide bonds. The van der Waals surface area contributed by atoms with Crippen molar-refractivity contribution in [3.8, 4) is 11.5 Å². The number of carbonyl (C=O) groups is 2. The van der Waals surface area contributed by atoms with Crippen LogP contribution in [0.3, 0.4) is 0 Å². The Labute approximate surface area is 163 Å². The molecule has 0 bridgehead atoms. The Morgan fingerprint density at radius 2 is 1.96 bits per heavy atom. The van der Waals surface area contributed by atoms with Crippen LogP contribution in [-0.4, -0.2) is 42.6 Å². The highest BCUT2D eigenvalue weighted by atomic mass is 16.5. The average molecular weight is 385 g/mol. The zero-order valence-corrected chi connectivity index (χ0v) is 16.1. The number of aliphatic carboxylic acids is 1. The first-order valence-electron chi connectivity index (χ1n) is 8.94. The number of furan rings is 1. The summed E-state index contributed by atoms with van der Waals surface area (Å²) in [4.78, 5) is 25.9. The second-order valence-corrected chi connectivity index (χ2v) is 6.58. The Bertz CT molecular complexity index is 914. The molecule has 1 atom stereocenters. The van der Waals surface area contributed by atoms with Gasteiger partial charge in [-0.25, -0.2) is 0 Å². The van der Waals surface area contributed by atoms with Crippen LogP contribution in [0, 0.1) is 6.92 Å². The maximum Gasteiger partial charge on any atom is 0.305 e. The van der Waals surface area contributed by atoms with Gasteiger partial charge in [0.05, 0.1) is 26.7 Å². The van der Waals surface area contributed by atoms with Crippen molar-refractivity contribution in [1.29, 1.82) is 0 Å². The number of rotatable bonds is 6. The molecule has 0 radical (unpaired) electrons. The van der Waals surface area contributed by atoms with E-state index in [-0.39, 0.29) is 12.3 Å². The van der Waals surface area contributed by atoms with Gasteiger partial charge in [0.25, 0.3) is 0 Å². The van der Waals surface area contributed by atoms with Gasteiger partial charge >= 0.3 is 5.97 Å². The summed E-state index contributed by atoms with van der Waals surface area (Å²) in [7, 11) is 3.08. The van der Waals surface area contributed by atoms with E-state index in [0.29, 0.717) is 30.2 Å². The summed E-state index contributed by atoms with van der Waals surface area (Å²) < 4.78 is 16.1. The van der Waals surface area contributed by atoms with Crippen LogP contribution in [0.25, 0.3) is 6.08 Å². The van der Waals surface area contributed by atoms with E-state index in [1.165, 1.54) is 13.2 Å². The minimum absolute atomic E-state index is 0.193. The van der Waals surface area contributed by atoms with Gasteiger partial charge in [0.15, 0.2) is 11.5 Å². The molecule has 1 aliphatic heterocycles. The van der Waals surface area contributed by atoms with Crippen LogP contribution >= 0.6 is 0 Å². The molecular formula is C21H23NO6. The van der Waals surface area contributed by atoms with Crippen LogP contribution < -0.4 is 9.47 Å². The molecule has 0 saturated carbocycles. The number of aryl methyl sites for hydroxylation is 1. The Morgan fingerprint density at radius 1 is 1.25 bits per heavy atom. The summed E-state index contributed by atoms with van der Waals surface area (Å²) >= 11 is 0. The Balaban J connectivity index is 1.93. The number of hydrogen-bond donors (Lipinski definition) is 1. The SMILES string of the molecule is COc1cc2c(cc1OC)C(CC(=O)O)N(C(=O)C=Cc1ccc(C)o1)CC2. The number of methoxy groups -OCH3 is 2. The third-order valence-electron chi connectivity index (χ3n) is 4.81. The molecule has 1 N–H and O–H groups in total. The molecular weight excluding hydrogens is 362 g/mol. The molecule has 7 heteroatoms. The molecule has 0 fully saturated rings. The maximum absolute atomic E-state index is 12.8. The molecule has 7 nitrogen and oxygen atoms in total. The van der Waals surface area contributed by atoms with Gasteiger partial charge in [0, 0.05) is 12.6 Å². The minimum Gasteiger partial charge on any atom is -0.493 e. The first-order valence-corrected chi connectivity index (χ1v) is 8.94. The Hall–Kier alpha value is -3.22. The fraction of sp³-hybridized carbons (Fsp3) is 0.333. The van der Waals surface area contributed by atoms with Crippen molar-refractivity contribution >= 4 is 18.0 Å². The lowest BCUT2D eigenvalue weighted by atomic mass is 9.90. The molecule has 0 saturated heterocycles. The number of carboxylic acids is 1. The van der Waals surface area contributed by atoms with Crippen molar-refractivity contribution in [3.05, 3.63) is 53.0 Å². The number of ether oxygens (including phenoxy) is 2. The monoisotopic (exact) mass is 385 g/mol. The quantitative estimate of drug-likeness (QED) is 0.768. The molecule has 0 aliphatic carbocycles. The molecule has 3 rings (SSSR count). The van der Waals surface area contributed by atoms with Crippen molar-refractivity contribution in [2.45, 2.75) is 25.8 Å². The summed E-state index contributed by atoms with van der Waals surface area (Å²) in [6, 6.07) is 6.62. The van der Waals surface area contributed by atoms with Crippen molar-refractivity contribution in [2.24, 2.45) is 0 Å². The van der Waals surface area contributed by atoms with Crippen LogP contribution in [0.5, 0.6) is 11.5 Å². The second-order valence-electron chi connectivity index (χ2n) is 6.58. The highest BCUT2D eigenvalue weighted by Crippen LogP contribution is 2.39. The number of carbonyl (C=O) groups excluding carboxylic acids is 1. The van der Waals surface area contributed by atoms with Gasteiger partial charge < -0.3 is 23.9 Å². The van der Waals surface area contributed by atoms with E-state index in [1.54, 1.807) is 30.2 Å². The van der Waals surface area contributed by atoms with Crippen LogP contribution in [0.4, 0.5) is 0 Å². The summed E-state index contributed by atoms with van der Waals surface area (Å²) in [5, 5.41) is 9.40. The smallest absolute Gasteiger partial charge is 0.305 e. The van der Waals surface area contributed by atoms with Crippen LogP contribution in [-0.2, 0) is 16.0 Å². The van der Waals surface area contributed by atoms with Crippen molar-refractivity contribution in [3.63, 3.8) is 0 Å². The summed E-state index contributed by atoms with van der Waals surface area (Å²) in [5.74, 6) is 1.18. The number of nitrogens with zero attached hydrogens (tertiary/aromatic N) is 1. The lowest BCUT2D eigenvalue weighted by Crippen LogP contribution is -2.40. The molecule has 28 heavy (non-hydrogen) atoms. The van der Waals surface area contributed by atoms with Crippen molar-refractivity contribution in [2.75, 3.05) is 20.8 Å². The van der Waals surface area contributed by atoms with Gasteiger partial charge in [-0.1, -0.05) is 0 Å². The van der Waals surface area contributed by atoms with Gasteiger partial charge in [-0.2, -0.15) is 0 Å². The highest BCUT2D eigenvalue weighted by molar-refractivity contribution is 5.92. The van der Waals surface area contributed by atoms with Gasteiger partial charge in [-0.3, -0.25) is 9.59 Å². The van der Waals surface area contributed by atoms with Gasteiger partial charge in [0.1, 0.15) is 11.5 Å². The van der Waals surface area contributed by atoms with Crippen LogP contribution in [0.2, 0.25) is 0 Å². The second kappa shape index (κ2) is 8.21. The van der Waals surface area contributed by atoms with E-state index in [9.17, 15) is 14.7 Å². The zero-order valence-electron chi connectivity index (χ0n) is 16.1. The van der Waals surface area contributed by atoms with Crippen molar-refractivity contribution in [1.82, 2.24) is 4.90 Å². The number of hydrogen-bond acceptors (Lipinski definition) is 5. The van der Waals surface area contributed by atoms with E-state index in [0.717, 1.165) is 16.9 Å². The molecule has 1 aromatic heterocycles. The fourth-order valence-electron chi connectivity index (χ4n) is 3.47. The topological polar surface area (TPSA) is 89.2 Å². The van der Waals surface area contributed by atoms with Gasteiger partial charge in [-0.05, 0) is 54.8 Å². The third-order valence-corrected chi connectivity index (χ3v) is 4.81. The van der Waals surface area contributed by atoms with Crippen LogP contribution in [0.1, 0.15) is 35.1 Å². The number of benzene rings is 1. The minimum atomic E-state index is -0.976. The lowest BCUT2D eigenvalue weighted by molar-refractivity contribution is -0.140. The molecule has 148 valence electrons. The Morgan fingerprint density at radius 3 is 2.57 bits per heavy atom. The van der Waals surface area contributed by atoms with Gasteiger partial charge in [-0.15, -0.1) is 0 Å². The fourth-order valence-corrected chi connectivity index (χ4v) is 3.47. The molecule has 1 aliphatic rings. The standard InChI is InChI=1S/C21H23NO6/c1-13-4-5-15(28-13)6-7-20(23)22-9-8-14-10-18(26-2)19(27-3)11-16(14)17(22)12-21(24)25/h4-7,10-11,17H,8-9,12H2,1-3H3,(H,24,25). The molecule has 1 aromatic carbocycles. The lowest BCUT2D eigenvalue weighted by Gasteiger charge is -2.36. The third kappa shape index (κ3) is 4.03.